The van der Waals surface area contributed by atoms with E-state index in [0.717, 1.165) is 31.2 Å². The van der Waals surface area contributed by atoms with Gasteiger partial charge in [0.05, 0.1) is 4.90 Å². The van der Waals surface area contributed by atoms with Crippen LogP contribution in [0.15, 0.2) is 64.0 Å². The van der Waals surface area contributed by atoms with Gasteiger partial charge in [-0.2, -0.15) is 9.29 Å². The van der Waals surface area contributed by atoms with E-state index in [1.165, 1.54) is 0 Å². The first kappa shape index (κ1) is 17.9. The van der Waals surface area contributed by atoms with Crippen LogP contribution in [0.1, 0.15) is 25.7 Å². The highest BCUT2D eigenvalue weighted by molar-refractivity contribution is 7.89. The molecule has 0 saturated carbocycles. The van der Waals surface area contributed by atoms with Crippen LogP contribution in [0.3, 0.4) is 0 Å². The van der Waals surface area contributed by atoms with Crippen LogP contribution in [0.25, 0.3) is 22.8 Å². The fourth-order valence-corrected chi connectivity index (χ4v) is 4.83. The first-order valence-electron chi connectivity index (χ1n) is 9.14. The predicted octanol–water partition coefficient (Wildman–Crippen LogP) is 3.97. The predicted molar refractivity (Wildman–Crippen MR) is 102 cm³/mol. The van der Waals surface area contributed by atoms with E-state index in [1.807, 2.05) is 30.3 Å². The van der Waals surface area contributed by atoms with Crippen molar-refractivity contribution in [3.05, 3.63) is 54.6 Å². The van der Waals surface area contributed by atoms with Crippen LogP contribution in [0.2, 0.25) is 0 Å². The zero-order valence-corrected chi connectivity index (χ0v) is 15.7. The van der Waals surface area contributed by atoms with Gasteiger partial charge in [-0.15, -0.1) is 0 Å². The van der Waals surface area contributed by atoms with Gasteiger partial charge in [0.1, 0.15) is 0 Å². The number of hydrogen-bond donors (Lipinski definition) is 0. The third kappa shape index (κ3) is 3.79. The zero-order chi connectivity index (χ0) is 18.7. The molecule has 2 aromatic carbocycles. The SMILES string of the molecule is O=S(=O)(c1cccc(-c2nc(-c3ccccc3)no2)c1)N1CCCCCC1. The average molecular weight is 383 g/mol. The zero-order valence-electron chi connectivity index (χ0n) is 14.9. The monoisotopic (exact) mass is 383 g/mol. The smallest absolute Gasteiger partial charge is 0.258 e. The Hall–Kier alpha value is -2.51. The Morgan fingerprint density at radius 2 is 1.56 bits per heavy atom. The lowest BCUT2D eigenvalue weighted by Gasteiger charge is -2.20. The summed E-state index contributed by atoms with van der Waals surface area (Å²) in [7, 11) is -3.52. The molecule has 1 aliphatic rings. The summed E-state index contributed by atoms with van der Waals surface area (Å²) < 4.78 is 33.0. The number of rotatable bonds is 4. The van der Waals surface area contributed by atoms with Gasteiger partial charge < -0.3 is 4.52 Å². The summed E-state index contributed by atoms with van der Waals surface area (Å²) in [5.74, 6) is 0.785. The summed E-state index contributed by atoms with van der Waals surface area (Å²) in [4.78, 5) is 4.68. The van der Waals surface area contributed by atoms with Crippen molar-refractivity contribution in [2.45, 2.75) is 30.6 Å². The molecule has 0 amide bonds. The molecule has 0 aliphatic carbocycles. The second kappa shape index (κ2) is 7.62. The standard InChI is InChI=1S/C20H21N3O3S/c24-27(25,23-13-6-1-2-7-14-23)18-12-8-11-17(15-18)20-21-19(22-26-20)16-9-4-3-5-10-16/h3-5,8-12,15H,1-2,6-7,13-14H2. The van der Waals surface area contributed by atoms with E-state index in [9.17, 15) is 8.42 Å². The molecule has 2 heterocycles. The first-order chi connectivity index (χ1) is 13.1. The van der Waals surface area contributed by atoms with E-state index in [1.54, 1.807) is 28.6 Å². The number of hydrogen-bond acceptors (Lipinski definition) is 5. The minimum atomic E-state index is -3.52. The maximum Gasteiger partial charge on any atom is 0.258 e. The third-order valence-electron chi connectivity index (χ3n) is 4.74. The second-order valence-electron chi connectivity index (χ2n) is 6.64. The second-order valence-corrected chi connectivity index (χ2v) is 8.57. The van der Waals surface area contributed by atoms with Crippen molar-refractivity contribution < 1.29 is 12.9 Å². The topological polar surface area (TPSA) is 76.3 Å². The Morgan fingerprint density at radius 3 is 2.30 bits per heavy atom. The largest absolute Gasteiger partial charge is 0.334 e. The summed E-state index contributed by atoms with van der Waals surface area (Å²) in [6.45, 7) is 1.15. The fourth-order valence-electron chi connectivity index (χ4n) is 3.27. The van der Waals surface area contributed by atoms with Crippen molar-refractivity contribution in [1.29, 1.82) is 0 Å². The van der Waals surface area contributed by atoms with Gasteiger partial charge in [-0.1, -0.05) is 54.4 Å². The molecule has 0 atom stereocenters. The Labute approximate surface area is 158 Å². The number of benzene rings is 2. The summed E-state index contributed by atoms with van der Waals surface area (Å²) in [6.07, 6.45) is 3.97. The average Bonchev–Trinajstić information content (AvgIpc) is 3.03. The Morgan fingerprint density at radius 1 is 0.852 bits per heavy atom. The van der Waals surface area contributed by atoms with Gasteiger partial charge in [0.25, 0.3) is 5.89 Å². The van der Waals surface area contributed by atoms with Crippen molar-refractivity contribution >= 4 is 10.0 Å². The molecule has 1 fully saturated rings. The van der Waals surface area contributed by atoms with Crippen LogP contribution in [0.5, 0.6) is 0 Å². The summed E-state index contributed by atoms with van der Waals surface area (Å²) in [6, 6.07) is 16.3. The maximum atomic E-state index is 13.0. The Kier molecular flexibility index (Phi) is 5.05. The van der Waals surface area contributed by atoms with Gasteiger partial charge in [-0.3, -0.25) is 0 Å². The molecule has 4 rings (SSSR count). The van der Waals surface area contributed by atoms with Crippen LogP contribution < -0.4 is 0 Å². The van der Waals surface area contributed by atoms with Crippen LogP contribution in [-0.2, 0) is 10.0 Å². The summed E-state index contributed by atoms with van der Waals surface area (Å²) >= 11 is 0. The molecule has 7 heteroatoms. The van der Waals surface area contributed by atoms with Gasteiger partial charge >= 0.3 is 0 Å². The van der Waals surface area contributed by atoms with E-state index < -0.39 is 10.0 Å². The highest BCUT2D eigenvalue weighted by Crippen LogP contribution is 2.26. The van der Waals surface area contributed by atoms with Gasteiger partial charge in [0.15, 0.2) is 0 Å². The third-order valence-corrected chi connectivity index (χ3v) is 6.64. The molecular weight excluding hydrogens is 362 g/mol. The van der Waals surface area contributed by atoms with Crippen LogP contribution in [0, 0.1) is 0 Å². The molecule has 0 bridgehead atoms. The molecule has 0 N–H and O–H groups in total. The van der Waals surface area contributed by atoms with E-state index in [4.69, 9.17) is 4.52 Å². The van der Waals surface area contributed by atoms with Crippen LogP contribution >= 0.6 is 0 Å². The molecular formula is C20H21N3O3S. The van der Waals surface area contributed by atoms with Gasteiger partial charge in [-0.05, 0) is 31.0 Å². The molecule has 1 saturated heterocycles. The van der Waals surface area contributed by atoms with Crippen molar-refractivity contribution in [2.75, 3.05) is 13.1 Å². The normalized spacial score (nSPS) is 16.1. The number of sulfonamides is 1. The quantitative estimate of drug-likeness (QED) is 0.681. The van der Waals surface area contributed by atoms with Gasteiger partial charge in [-0.25, -0.2) is 8.42 Å². The van der Waals surface area contributed by atoms with E-state index in [-0.39, 0.29) is 4.90 Å². The van der Waals surface area contributed by atoms with Crippen LogP contribution in [0.4, 0.5) is 0 Å². The van der Waals surface area contributed by atoms with Crippen molar-refractivity contribution in [2.24, 2.45) is 0 Å². The van der Waals surface area contributed by atoms with Crippen molar-refractivity contribution in [3.8, 4) is 22.8 Å². The number of nitrogens with zero attached hydrogens (tertiary/aromatic N) is 3. The lowest BCUT2D eigenvalue weighted by atomic mass is 10.2. The molecule has 1 aromatic heterocycles. The lowest BCUT2D eigenvalue weighted by Crippen LogP contribution is -2.31. The molecule has 0 radical (unpaired) electrons. The first-order valence-corrected chi connectivity index (χ1v) is 10.6. The Balaban J connectivity index is 1.64. The van der Waals surface area contributed by atoms with Crippen molar-refractivity contribution in [1.82, 2.24) is 14.4 Å². The van der Waals surface area contributed by atoms with Crippen molar-refractivity contribution in [3.63, 3.8) is 0 Å². The highest BCUT2D eigenvalue weighted by Gasteiger charge is 2.25. The highest BCUT2D eigenvalue weighted by atomic mass is 32.2. The van der Waals surface area contributed by atoms with E-state index >= 15 is 0 Å². The molecule has 0 unspecified atom stereocenters. The van der Waals surface area contributed by atoms with Gasteiger partial charge in [0, 0.05) is 24.2 Å². The molecule has 3 aromatic rings. The number of aromatic nitrogens is 2. The van der Waals surface area contributed by atoms with E-state index in [0.29, 0.717) is 30.4 Å². The Bertz CT molecular complexity index is 1010. The molecule has 140 valence electrons. The minimum absolute atomic E-state index is 0.265. The van der Waals surface area contributed by atoms with E-state index in [2.05, 4.69) is 10.1 Å². The molecule has 27 heavy (non-hydrogen) atoms. The molecule has 1 aliphatic heterocycles. The fraction of sp³-hybridized carbons (Fsp3) is 0.300. The lowest BCUT2D eigenvalue weighted by molar-refractivity contribution is 0.423. The summed E-state index contributed by atoms with van der Waals surface area (Å²) in [5.41, 5.74) is 1.45. The molecule has 0 spiro atoms. The maximum absolute atomic E-state index is 13.0. The molecule has 6 nitrogen and oxygen atoms in total. The summed E-state index contributed by atoms with van der Waals surface area (Å²) in [5, 5.41) is 4.01. The minimum Gasteiger partial charge on any atom is -0.334 e. The van der Waals surface area contributed by atoms with Crippen LogP contribution in [-0.4, -0.2) is 36.0 Å². The van der Waals surface area contributed by atoms with Gasteiger partial charge in [0.2, 0.25) is 15.8 Å².